The maximum Gasteiger partial charge on any atom is 0.225 e. The summed E-state index contributed by atoms with van der Waals surface area (Å²) in [6.07, 6.45) is 7.37. The number of anilines is 1. The van der Waals surface area contributed by atoms with E-state index in [2.05, 4.69) is 38.1 Å². The average Bonchev–Trinajstić information content (AvgIpc) is 3.36. The van der Waals surface area contributed by atoms with Gasteiger partial charge < -0.3 is 14.4 Å². The lowest BCUT2D eigenvalue weighted by atomic mass is 10.1. The van der Waals surface area contributed by atoms with Gasteiger partial charge in [0.1, 0.15) is 17.6 Å². The normalized spacial score (nSPS) is 22.7. The molecule has 1 aliphatic carbocycles. The van der Waals surface area contributed by atoms with E-state index >= 15 is 0 Å². The summed E-state index contributed by atoms with van der Waals surface area (Å²) >= 11 is 0. The number of nitrogens with zero attached hydrogens (tertiary/aromatic N) is 4. The molecule has 2 aliphatic rings. The Kier molecular flexibility index (Phi) is 4.60. The fraction of sp³-hybridized carbons (Fsp3) is 0.476. The zero-order chi connectivity index (χ0) is 18.9. The van der Waals surface area contributed by atoms with Crippen molar-refractivity contribution in [1.82, 2.24) is 20.2 Å². The van der Waals surface area contributed by atoms with E-state index in [0.717, 1.165) is 60.7 Å². The molecule has 0 spiro atoms. The van der Waals surface area contributed by atoms with Crippen LogP contribution < -0.4 is 9.64 Å². The quantitative estimate of drug-likeness (QED) is 0.748. The van der Waals surface area contributed by atoms with Crippen LogP contribution in [0.15, 0.2) is 30.6 Å². The van der Waals surface area contributed by atoms with Gasteiger partial charge in [-0.05, 0) is 43.4 Å². The van der Waals surface area contributed by atoms with Crippen LogP contribution in [-0.4, -0.2) is 52.6 Å². The van der Waals surface area contributed by atoms with Crippen LogP contribution in [0.1, 0.15) is 26.2 Å². The number of fused-ring (bicyclic) bond motifs is 1. The minimum atomic E-state index is 0.224. The predicted octanol–water partition coefficient (Wildman–Crippen LogP) is 3.42. The summed E-state index contributed by atoms with van der Waals surface area (Å²) in [5, 5.41) is 8.67. The molecule has 146 valence electrons. The minimum absolute atomic E-state index is 0.224. The molecule has 2 unspecified atom stereocenters. The number of aromatic amines is 1. The van der Waals surface area contributed by atoms with Crippen LogP contribution in [0.5, 0.6) is 5.88 Å². The van der Waals surface area contributed by atoms with Gasteiger partial charge >= 0.3 is 0 Å². The first kappa shape index (κ1) is 17.4. The molecule has 28 heavy (non-hydrogen) atoms. The van der Waals surface area contributed by atoms with E-state index in [4.69, 9.17) is 9.47 Å². The number of hydrogen-bond acceptors (Lipinski definition) is 6. The first-order chi connectivity index (χ1) is 13.8. The molecule has 0 radical (unpaired) electrons. The van der Waals surface area contributed by atoms with Crippen LogP contribution in [0.2, 0.25) is 0 Å². The summed E-state index contributed by atoms with van der Waals surface area (Å²) in [4.78, 5) is 11.4. The Morgan fingerprint density at radius 2 is 2.00 bits per heavy atom. The van der Waals surface area contributed by atoms with Gasteiger partial charge in [-0.2, -0.15) is 5.10 Å². The molecule has 5 rings (SSSR count). The van der Waals surface area contributed by atoms with E-state index in [0.29, 0.717) is 11.8 Å². The van der Waals surface area contributed by atoms with Crippen molar-refractivity contribution in [2.75, 3.05) is 31.2 Å². The molecular weight excluding hydrogens is 354 g/mol. The maximum atomic E-state index is 6.35. The van der Waals surface area contributed by atoms with E-state index in [1.807, 2.05) is 18.3 Å². The second kappa shape index (κ2) is 7.39. The third-order valence-corrected chi connectivity index (χ3v) is 5.84. The fourth-order valence-electron chi connectivity index (χ4n) is 4.20. The van der Waals surface area contributed by atoms with Crippen LogP contribution in [0, 0.1) is 5.92 Å². The van der Waals surface area contributed by atoms with Crippen molar-refractivity contribution in [2.45, 2.75) is 32.3 Å². The Balaban J connectivity index is 1.52. The molecule has 0 aromatic carbocycles. The lowest BCUT2D eigenvalue weighted by molar-refractivity contribution is 0.122. The van der Waals surface area contributed by atoms with Crippen LogP contribution >= 0.6 is 0 Å². The summed E-state index contributed by atoms with van der Waals surface area (Å²) in [5.74, 6) is 2.18. The Bertz CT molecular complexity index is 966. The smallest absolute Gasteiger partial charge is 0.225 e. The number of morpholine rings is 1. The standard InChI is InChI=1S/C21H25N5O2/c1-14-3-2-4-17(14)28-21-19-16(6-8-23-21)24-25-20(19)15-5-7-22-18(13-15)26-9-11-27-12-10-26/h5-8,13-14,17H,2-4,9-12H2,1H3,(H,24,25). The number of nitrogens with one attached hydrogen (secondary N) is 1. The molecule has 3 aromatic heterocycles. The van der Waals surface area contributed by atoms with Crippen molar-refractivity contribution in [3.63, 3.8) is 0 Å². The van der Waals surface area contributed by atoms with Crippen LogP contribution in [0.25, 0.3) is 22.2 Å². The number of pyridine rings is 2. The van der Waals surface area contributed by atoms with Gasteiger partial charge in [-0.1, -0.05) is 6.92 Å². The van der Waals surface area contributed by atoms with Crippen molar-refractivity contribution in [3.05, 3.63) is 30.6 Å². The van der Waals surface area contributed by atoms with Crippen LogP contribution in [0.4, 0.5) is 5.82 Å². The number of H-pyrrole nitrogens is 1. The van der Waals surface area contributed by atoms with E-state index in [9.17, 15) is 0 Å². The van der Waals surface area contributed by atoms with E-state index in [1.54, 1.807) is 6.20 Å². The van der Waals surface area contributed by atoms with Crippen molar-refractivity contribution < 1.29 is 9.47 Å². The highest BCUT2D eigenvalue weighted by Crippen LogP contribution is 2.36. The van der Waals surface area contributed by atoms with Gasteiger partial charge in [0.2, 0.25) is 5.88 Å². The molecule has 2 atom stereocenters. The van der Waals surface area contributed by atoms with Gasteiger partial charge in [-0.3, -0.25) is 5.10 Å². The SMILES string of the molecule is CC1CCCC1Oc1nccc2[nH]nc(-c3ccnc(N4CCOCC4)c3)c12. The van der Waals surface area contributed by atoms with Crippen molar-refractivity contribution in [3.8, 4) is 17.1 Å². The van der Waals surface area contributed by atoms with Gasteiger partial charge in [0, 0.05) is 31.0 Å². The Morgan fingerprint density at radius 3 is 2.82 bits per heavy atom. The molecule has 2 fully saturated rings. The molecule has 7 nitrogen and oxygen atoms in total. The second-order valence-corrected chi connectivity index (χ2v) is 7.68. The number of hydrogen-bond donors (Lipinski definition) is 1. The Labute approximate surface area is 164 Å². The lowest BCUT2D eigenvalue weighted by Crippen LogP contribution is -2.36. The molecule has 1 aliphatic heterocycles. The molecule has 7 heteroatoms. The van der Waals surface area contributed by atoms with Gasteiger partial charge in [-0.25, -0.2) is 9.97 Å². The summed E-state index contributed by atoms with van der Waals surface area (Å²) < 4.78 is 11.8. The molecular formula is C21H25N5O2. The average molecular weight is 379 g/mol. The summed E-state index contributed by atoms with van der Waals surface area (Å²) in [6.45, 7) is 5.43. The Hall–Kier alpha value is -2.67. The second-order valence-electron chi connectivity index (χ2n) is 7.68. The zero-order valence-electron chi connectivity index (χ0n) is 16.1. The third kappa shape index (κ3) is 3.20. The minimum Gasteiger partial charge on any atom is -0.474 e. The monoisotopic (exact) mass is 379 g/mol. The molecule has 3 aromatic rings. The maximum absolute atomic E-state index is 6.35. The predicted molar refractivity (Wildman–Crippen MR) is 108 cm³/mol. The van der Waals surface area contributed by atoms with Crippen molar-refractivity contribution in [2.24, 2.45) is 5.92 Å². The van der Waals surface area contributed by atoms with Gasteiger partial charge in [0.25, 0.3) is 0 Å². The van der Waals surface area contributed by atoms with E-state index < -0.39 is 0 Å². The van der Waals surface area contributed by atoms with E-state index in [1.165, 1.54) is 12.8 Å². The van der Waals surface area contributed by atoms with Gasteiger partial charge in [0.05, 0.1) is 24.1 Å². The number of rotatable bonds is 4. The van der Waals surface area contributed by atoms with Crippen LogP contribution in [0.3, 0.4) is 0 Å². The molecule has 4 heterocycles. The molecule has 0 bridgehead atoms. The molecule has 1 N–H and O–H groups in total. The first-order valence-corrected chi connectivity index (χ1v) is 10.1. The highest BCUT2D eigenvalue weighted by molar-refractivity contribution is 5.96. The highest BCUT2D eigenvalue weighted by Gasteiger charge is 2.27. The fourth-order valence-corrected chi connectivity index (χ4v) is 4.20. The van der Waals surface area contributed by atoms with Crippen molar-refractivity contribution in [1.29, 1.82) is 0 Å². The number of ether oxygens (including phenoxy) is 2. The van der Waals surface area contributed by atoms with Gasteiger partial charge in [-0.15, -0.1) is 0 Å². The summed E-state index contributed by atoms with van der Waals surface area (Å²) in [6, 6.07) is 6.03. The van der Waals surface area contributed by atoms with E-state index in [-0.39, 0.29) is 6.10 Å². The zero-order valence-corrected chi connectivity index (χ0v) is 16.1. The largest absolute Gasteiger partial charge is 0.474 e. The lowest BCUT2D eigenvalue weighted by Gasteiger charge is -2.27. The first-order valence-electron chi connectivity index (χ1n) is 10.1. The van der Waals surface area contributed by atoms with Crippen LogP contribution in [-0.2, 0) is 4.74 Å². The third-order valence-electron chi connectivity index (χ3n) is 5.84. The summed E-state index contributed by atoms with van der Waals surface area (Å²) in [7, 11) is 0. The van der Waals surface area contributed by atoms with Gasteiger partial charge in [0.15, 0.2) is 0 Å². The van der Waals surface area contributed by atoms with Crippen molar-refractivity contribution >= 4 is 16.7 Å². The molecule has 0 amide bonds. The number of aromatic nitrogens is 4. The Morgan fingerprint density at radius 1 is 1.14 bits per heavy atom. The summed E-state index contributed by atoms with van der Waals surface area (Å²) in [5.41, 5.74) is 2.82. The molecule has 1 saturated carbocycles. The highest BCUT2D eigenvalue weighted by atomic mass is 16.5. The topological polar surface area (TPSA) is 76.2 Å². The molecule has 1 saturated heterocycles.